The van der Waals surface area contributed by atoms with E-state index in [-0.39, 0.29) is 12.1 Å². The zero-order valence-electron chi connectivity index (χ0n) is 16.2. The third-order valence-electron chi connectivity index (χ3n) is 6.05. The third kappa shape index (κ3) is 3.56. The Morgan fingerprint density at radius 3 is 2.87 bits per heavy atom. The average molecular weight is 430 g/mol. The first-order valence-corrected chi connectivity index (χ1v) is 11.4. The van der Waals surface area contributed by atoms with Crippen molar-refractivity contribution in [1.29, 1.82) is 0 Å². The highest BCUT2D eigenvalue weighted by molar-refractivity contribution is 7.84. The highest BCUT2D eigenvalue weighted by Crippen LogP contribution is 2.38. The summed E-state index contributed by atoms with van der Waals surface area (Å²) in [5.74, 6) is 0.760. The van der Waals surface area contributed by atoms with Gasteiger partial charge in [0.1, 0.15) is 23.9 Å². The number of fused-ring (bicyclic) bond motifs is 2. The lowest BCUT2D eigenvalue weighted by Crippen LogP contribution is -2.29. The molecule has 0 amide bonds. The summed E-state index contributed by atoms with van der Waals surface area (Å²) in [7, 11) is -4.12. The summed E-state index contributed by atoms with van der Waals surface area (Å²) < 4.78 is 29.3. The van der Waals surface area contributed by atoms with E-state index in [1.165, 1.54) is 17.5 Å². The van der Waals surface area contributed by atoms with E-state index < -0.39 is 22.5 Å². The number of anilines is 1. The second-order valence-corrected chi connectivity index (χ2v) is 9.12. The van der Waals surface area contributed by atoms with Gasteiger partial charge in [-0.1, -0.05) is 24.3 Å². The van der Waals surface area contributed by atoms with Gasteiger partial charge in [0.15, 0.2) is 0 Å². The Hall–Kier alpha value is -2.53. The maximum Gasteiger partial charge on any atom is 0.333 e. The van der Waals surface area contributed by atoms with Crippen LogP contribution in [-0.4, -0.2) is 40.3 Å². The van der Waals surface area contributed by atoms with Crippen LogP contribution in [0.5, 0.6) is 0 Å². The van der Waals surface area contributed by atoms with Gasteiger partial charge in [-0.3, -0.25) is 4.18 Å². The Kier molecular flexibility index (Phi) is 4.73. The number of aromatic nitrogens is 3. The maximum atomic E-state index is 11.2. The molecule has 30 heavy (non-hydrogen) atoms. The fourth-order valence-electron chi connectivity index (χ4n) is 4.71. The van der Waals surface area contributed by atoms with Gasteiger partial charge in [0.05, 0.1) is 17.5 Å². The number of hydrogen-bond donors (Lipinski definition) is 3. The van der Waals surface area contributed by atoms with Crippen molar-refractivity contribution in [3.05, 3.63) is 54.0 Å². The number of aliphatic hydroxyl groups excluding tert-OH is 1. The zero-order chi connectivity index (χ0) is 20.9. The van der Waals surface area contributed by atoms with Crippen molar-refractivity contribution >= 4 is 27.2 Å². The van der Waals surface area contributed by atoms with Crippen LogP contribution >= 0.6 is 0 Å². The quantitative estimate of drug-likeness (QED) is 0.563. The summed E-state index contributed by atoms with van der Waals surface area (Å²) in [4.78, 5) is 8.89. The molecule has 3 aromatic rings. The number of nitrogens with two attached hydrogens (primary N) is 1. The van der Waals surface area contributed by atoms with Crippen LogP contribution in [0.25, 0.3) is 11.0 Å². The molecule has 0 spiro atoms. The molecule has 1 fully saturated rings. The van der Waals surface area contributed by atoms with Gasteiger partial charge in [0.25, 0.3) is 0 Å². The van der Waals surface area contributed by atoms with Gasteiger partial charge in [-0.15, -0.1) is 0 Å². The maximum absolute atomic E-state index is 11.2. The Balaban J connectivity index is 1.41. The topological polar surface area (TPSA) is 132 Å². The van der Waals surface area contributed by atoms with Crippen molar-refractivity contribution in [3.8, 4) is 0 Å². The van der Waals surface area contributed by atoms with Crippen LogP contribution in [0.15, 0.2) is 42.9 Å². The minimum absolute atomic E-state index is 0.154. The first-order chi connectivity index (χ1) is 14.4. The number of hydrogen-bond acceptors (Lipinski definition) is 7. The van der Waals surface area contributed by atoms with Crippen LogP contribution in [0, 0.1) is 0 Å². The van der Waals surface area contributed by atoms with Gasteiger partial charge in [0.2, 0.25) is 0 Å². The molecular formula is C20H23N5O4S. The lowest BCUT2D eigenvalue weighted by atomic mass is 10.1. The molecule has 10 heteroatoms. The van der Waals surface area contributed by atoms with Crippen LogP contribution in [0.2, 0.25) is 0 Å². The molecule has 5 rings (SSSR count). The Morgan fingerprint density at radius 1 is 1.20 bits per heavy atom. The molecule has 2 aromatic heterocycles. The molecule has 1 aromatic carbocycles. The van der Waals surface area contributed by atoms with Gasteiger partial charge >= 0.3 is 10.3 Å². The van der Waals surface area contributed by atoms with E-state index >= 15 is 0 Å². The molecule has 158 valence electrons. The summed E-state index contributed by atoms with van der Waals surface area (Å²) in [5, 5.41) is 19.6. The SMILES string of the molecule is NS(=O)(=O)O[C@@H]1CC(n2ccc3c(N[C@H]4CCc5ccccc54)ncnc32)C[C@@H]1O. The summed E-state index contributed by atoms with van der Waals surface area (Å²) in [6.45, 7) is 0. The highest BCUT2D eigenvalue weighted by atomic mass is 32.2. The molecule has 0 radical (unpaired) electrons. The molecule has 2 aliphatic carbocycles. The normalized spacial score (nSPS) is 26.2. The number of nitrogens with zero attached hydrogens (tertiary/aromatic N) is 3. The number of nitrogens with one attached hydrogen (secondary N) is 1. The van der Waals surface area contributed by atoms with E-state index in [9.17, 15) is 13.5 Å². The lowest BCUT2D eigenvalue weighted by molar-refractivity contribution is 0.0645. The first kappa shape index (κ1) is 19.4. The van der Waals surface area contributed by atoms with Crippen molar-refractivity contribution in [2.24, 2.45) is 5.14 Å². The predicted octanol–water partition coefficient (Wildman–Crippen LogP) is 1.82. The van der Waals surface area contributed by atoms with Crippen molar-refractivity contribution in [2.45, 2.75) is 50.0 Å². The molecule has 4 N–H and O–H groups in total. The van der Waals surface area contributed by atoms with E-state index in [0.29, 0.717) is 12.8 Å². The lowest BCUT2D eigenvalue weighted by Gasteiger charge is -2.16. The molecule has 2 heterocycles. The highest BCUT2D eigenvalue weighted by Gasteiger charge is 2.37. The number of rotatable bonds is 5. The zero-order valence-corrected chi connectivity index (χ0v) is 17.0. The molecule has 0 bridgehead atoms. The molecule has 9 nitrogen and oxygen atoms in total. The standard InChI is InChI=1S/C20H23N5O4S/c21-30(27,28)29-18-10-13(9-17(18)26)25-8-7-15-19(22-11-23-20(15)25)24-16-6-5-12-3-1-2-4-14(12)16/h1-4,7-8,11,13,16-18,26H,5-6,9-10H2,(H2,21,27,28)(H,22,23,24)/t13?,16-,17-,18+/m0/s1. The van der Waals surface area contributed by atoms with Gasteiger partial charge in [0, 0.05) is 12.2 Å². The smallest absolute Gasteiger partial charge is 0.333 e. The predicted molar refractivity (Wildman–Crippen MR) is 111 cm³/mol. The molecule has 0 saturated heterocycles. The minimum atomic E-state index is -4.12. The van der Waals surface area contributed by atoms with Crippen molar-refractivity contribution in [3.63, 3.8) is 0 Å². The summed E-state index contributed by atoms with van der Waals surface area (Å²) >= 11 is 0. The number of aliphatic hydroxyl groups is 1. The summed E-state index contributed by atoms with van der Waals surface area (Å²) in [6.07, 6.45) is 4.35. The Bertz CT molecular complexity index is 1190. The summed E-state index contributed by atoms with van der Waals surface area (Å²) in [6, 6.07) is 10.4. The number of aryl methyl sites for hydroxylation is 1. The van der Waals surface area contributed by atoms with E-state index in [1.54, 1.807) is 0 Å². The monoisotopic (exact) mass is 429 g/mol. The van der Waals surface area contributed by atoms with E-state index in [1.807, 2.05) is 16.8 Å². The molecule has 1 unspecified atom stereocenters. The van der Waals surface area contributed by atoms with Gasteiger partial charge in [-0.25, -0.2) is 15.1 Å². The van der Waals surface area contributed by atoms with E-state index in [2.05, 4.69) is 39.6 Å². The van der Waals surface area contributed by atoms with Crippen molar-refractivity contribution in [1.82, 2.24) is 14.5 Å². The fraction of sp³-hybridized carbons (Fsp3) is 0.400. The molecule has 0 aliphatic heterocycles. The second kappa shape index (κ2) is 7.31. The van der Waals surface area contributed by atoms with Crippen LogP contribution in [0.1, 0.15) is 42.5 Å². The molecule has 2 aliphatic rings. The van der Waals surface area contributed by atoms with Gasteiger partial charge in [-0.2, -0.15) is 8.42 Å². The largest absolute Gasteiger partial charge is 0.390 e. The van der Waals surface area contributed by atoms with Crippen LogP contribution in [0.4, 0.5) is 5.82 Å². The third-order valence-corrected chi connectivity index (χ3v) is 6.57. The average Bonchev–Trinajstić information content (AvgIpc) is 3.39. The molecule has 4 atom stereocenters. The summed E-state index contributed by atoms with van der Waals surface area (Å²) in [5.41, 5.74) is 3.39. The fourth-order valence-corrected chi connectivity index (χ4v) is 5.26. The van der Waals surface area contributed by atoms with Crippen molar-refractivity contribution in [2.75, 3.05) is 5.32 Å². The van der Waals surface area contributed by atoms with Gasteiger partial charge in [-0.05, 0) is 42.9 Å². The first-order valence-electron chi connectivity index (χ1n) is 9.94. The van der Waals surface area contributed by atoms with Crippen LogP contribution < -0.4 is 10.5 Å². The van der Waals surface area contributed by atoms with Gasteiger partial charge < -0.3 is 15.0 Å². The Morgan fingerprint density at radius 2 is 2.03 bits per heavy atom. The minimum Gasteiger partial charge on any atom is -0.390 e. The van der Waals surface area contributed by atoms with Crippen molar-refractivity contribution < 1.29 is 17.7 Å². The van der Waals surface area contributed by atoms with Crippen LogP contribution in [0.3, 0.4) is 0 Å². The van der Waals surface area contributed by atoms with Crippen LogP contribution in [-0.2, 0) is 20.9 Å². The second-order valence-electron chi connectivity index (χ2n) is 7.94. The molecule has 1 saturated carbocycles. The Labute approximate surface area is 174 Å². The van der Waals surface area contributed by atoms with E-state index in [0.717, 1.165) is 29.7 Å². The molecular weight excluding hydrogens is 406 g/mol. The number of benzene rings is 1. The van der Waals surface area contributed by atoms with E-state index in [4.69, 9.17) is 9.32 Å².